The van der Waals surface area contributed by atoms with E-state index < -0.39 is 28.5 Å². The largest absolute Gasteiger partial charge is 0.451 e. The topological polar surface area (TPSA) is 128 Å². The molecule has 0 saturated carbocycles. The molecule has 0 aliphatic heterocycles. The van der Waals surface area contributed by atoms with Gasteiger partial charge in [-0.15, -0.1) is 5.10 Å². The van der Waals surface area contributed by atoms with Gasteiger partial charge in [0, 0.05) is 11.6 Å². The third-order valence-corrected chi connectivity index (χ3v) is 3.31. The molecule has 116 valence electrons. The van der Waals surface area contributed by atoms with Crippen LogP contribution in [0.1, 0.15) is 16.2 Å². The SMILES string of the molecule is NC(=O)c1ccc(Sc2n[nH]c(C(F)(F)F)n2)c([N+](=O)[O-])c1. The number of rotatable bonds is 4. The van der Waals surface area contributed by atoms with E-state index in [0.29, 0.717) is 11.8 Å². The first-order valence-electron chi connectivity index (χ1n) is 5.44. The summed E-state index contributed by atoms with van der Waals surface area (Å²) in [7, 11) is 0. The molecule has 0 radical (unpaired) electrons. The number of hydrogen-bond acceptors (Lipinski definition) is 6. The van der Waals surface area contributed by atoms with Crippen LogP contribution in [0.5, 0.6) is 0 Å². The number of aromatic amines is 1. The number of hydrogen-bond donors (Lipinski definition) is 2. The van der Waals surface area contributed by atoms with E-state index in [0.717, 1.165) is 6.07 Å². The van der Waals surface area contributed by atoms with Crippen LogP contribution in [0.3, 0.4) is 0 Å². The number of nitro benzene ring substituents is 1. The number of carbonyl (C=O) groups excluding carboxylic acids is 1. The van der Waals surface area contributed by atoms with Crippen LogP contribution in [-0.4, -0.2) is 26.0 Å². The normalized spacial score (nSPS) is 11.4. The Morgan fingerprint density at radius 3 is 2.59 bits per heavy atom. The van der Waals surface area contributed by atoms with E-state index in [9.17, 15) is 28.1 Å². The zero-order valence-electron chi connectivity index (χ0n) is 10.4. The third-order valence-electron chi connectivity index (χ3n) is 2.37. The number of nitro groups is 1. The summed E-state index contributed by atoms with van der Waals surface area (Å²) < 4.78 is 37.2. The molecule has 3 N–H and O–H groups in total. The van der Waals surface area contributed by atoms with Crippen molar-refractivity contribution >= 4 is 23.4 Å². The van der Waals surface area contributed by atoms with Gasteiger partial charge < -0.3 is 5.73 Å². The molecule has 0 spiro atoms. The van der Waals surface area contributed by atoms with Crippen molar-refractivity contribution < 1.29 is 22.9 Å². The highest BCUT2D eigenvalue weighted by Gasteiger charge is 2.35. The first-order valence-corrected chi connectivity index (χ1v) is 6.26. The minimum Gasteiger partial charge on any atom is -0.366 e. The fourth-order valence-electron chi connectivity index (χ4n) is 1.42. The average molecular weight is 333 g/mol. The Hall–Kier alpha value is -2.63. The van der Waals surface area contributed by atoms with Gasteiger partial charge in [-0.25, -0.2) is 0 Å². The second kappa shape index (κ2) is 5.63. The molecule has 0 aliphatic rings. The monoisotopic (exact) mass is 333 g/mol. The van der Waals surface area contributed by atoms with Gasteiger partial charge >= 0.3 is 6.18 Å². The van der Waals surface area contributed by atoms with E-state index in [4.69, 9.17) is 5.73 Å². The Bertz CT molecular complexity index is 746. The highest BCUT2D eigenvalue weighted by Crippen LogP contribution is 2.35. The second-order valence-electron chi connectivity index (χ2n) is 3.87. The third kappa shape index (κ3) is 3.33. The standard InChI is InChI=1S/C10H6F3N5O3S/c11-10(12,13)8-15-9(17-16-8)22-6-2-1-4(7(14)19)3-5(6)18(20)21/h1-3H,(H2,14,19)(H,15,16,17). The van der Waals surface area contributed by atoms with E-state index in [-0.39, 0.29) is 15.6 Å². The minimum atomic E-state index is -4.70. The second-order valence-corrected chi connectivity index (χ2v) is 4.88. The lowest BCUT2D eigenvalue weighted by Crippen LogP contribution is -2.11. The number of alkyl halides is 3. The van der Waals surface area contributed by atoms with Crippen LogP contribution in [0.25, 0.3) is 0 Å². The first-order chi connectivity index (χ1) is 10.2. The van der Waals surface area contributed by atoms with Crippen molar-refractivity contribution in [2.75, 3.05) is 0 Å². The van der Waals surface area contributed by atoms with E-state index in [1.54, 1.807) is 5.10 Å². The molecule has 0 fully saturated rings. The number of H-pyrrole nitrogens is 1. The van der Waals surface area contributed by atoms with Crippen LogP contribution in [0.2, 0.25) is 0 Å². The molecule has 8 nitrogen and oxygen atoms in total. The van der Waals surface area contributed by atoms with Crippen LogP contribution < -0.4 is 5.73 Å². The molecule has 0 bridgehead atoms. The maximum absolute atomic E-state index is 12.4. The lowest BCUT2D eigenvalue weighted by molar-refractivity contribution is -0.387. The number of halogens is 3. The van der Waals surface area contributed by atoms with Gasteiger partial charge in [-0.3, -0.25) is 20.0 Å². The predicted molar refractivity (Wildman–Crippen MR) is 67.1 cm³/mol. The number of carbonyl (C=O) groups is 1. The maximum Gasteiger partial charge on any atom is 0.451 e. The molecular formula is C10H6F3N5O3S. The van der Waals surface area contributed by atoms with E-state index in [2.05, 4.69) is 10.1 Å². The molecule has 0 atom stereocenters. The summed E-state index contributed by atoms with van der Waals surface area (Å²) in [6, 6.07) is 3.34. The Morgan fingerprint density at radius 2 is 2.09 bits per heavy atom. The fraction of sp³-hybridized carbons (Fsp3) is 0.100. The lowest BCUT2D eigenvalue weighted by Gasteiger charge is -2.02. The minimum absolute atomic E-state index is 0.0253. The van der Waals surface area contributed by atoms with Crippen molar-refractivity contribution in [2.24, 2.45) is 5.73 Å². The maximum atomic E-state index is 12.4. The zero-order valence-corrected chi connectivity index (χ0v) is 11.2. The number of aromatic nitrogens is 3. The molecule has 22 heavy (non-hydrogen) atoms. The number of amides is 1. The summed E-state index contributed by atoms with van der Waals surface area (Å²) in [6.07, 6.45) is -4.70. The molecule has 0 unspecified atom stereocenters. The van der Waals surface area contributed by atoms with Crippen molar-refractivity contribution in [3.8, 4) is 0 Å². The average Bonchev–Trinajstić information content (AvgIpc) is 2.87. The summed E-state index contributed by atoms with van der Waals surface area (Å²) in [5.41, 5.74) is 4.43. The number of nitrogens with two attached hydrogens (primary N) is 1. The van der Waals surface area contributed by atoms with Crippen molar-refractivity contribution in [1.29, 1.82) is 0 Å². The number of nitrogens with one attached hydrogen (secondary N) is 1. The van der Waals surface area contributed by atoms with E-state index in [1.807, 2.05) is 0 Å². The summed E-state index contributed by atoms with van der Waals surface area (Å²) in [4.78, 5) is 24.3. The van der Waals surface area contributed by atoms with Gasteiger partial charge in [0.15, 0.2) is 0 Å². The predicted octanol–water partition coefficient (Wildman–Crippen LogP) is 1.98. The molecule has 0 saturated heterocycles. The Labute approximate surface area is 124 Å². The molecule has 0 aliphatic carbocycles. The van der Waals surface area contributed by atoms with Crippen molar-refractivity contribution in [1.82, 2.24) is 15.2 Å². The van der Waals surface area contributed by atoms with Gasteiger partial charge in [-0.05, 0) is 23.9 Å². The summed E-state index contributed by atoms with van der Waals surface area (Å²) in [5, 5.41) is 15.6. The van der Waals surface area contributed by atoms with Crippen LogP contribution >= 0.6 is 11.8 Å². The van der Waals surface area contributed by atoms with Gasteiger partial charge in [0.1, 0.15) is 0 Å². The molecule has 12 heteroatoms. The van der Waals surface area contributed by atoms with Gasteiger partial charge in [-0.2, -0.15) is 18.2 Å². The molecular weight excluding hydrogens is 327 g/mol. The van der Waals surface area contributed by atoms with Crippen molar-refractivity contribution in [2.45, 2.75) is 16.2 Å². The quantitative estimate of drug-likeness (QED) is 0.650. The molecule has 1 aromatic carbocycles. The molecule has 2 rings (SSSR count). The molecule has 1 heterocycles. The van der Waals surface area contributed by atoms with Gasteiger partial charge in [0.25, 0.3) is 5.69 Å². The summed E-state index contributed by atoms with van der Waals surface area (Å²) in [5.74, 6) is -2.18. The highest BCUT2D eigenvalue weighted by atomic mass is 32.2. The molecule has 1 amide bonds. The lowest BCUT2D eigenvalue weighted by atomic mass is 10.2. The summed E-state index contributed by atoms with van der Waals surface area (Å²) in [6.45, 7) is 0. The van der Waals surface area contributed by atoms with Gasteiger partial charge in [0.05, 0.1) is 9.82 Å². The van der Waals surface area contributed by atoms with Crippen LogP contribution in [0.4, 0.5) is 18.9 Å². The van der Waals surface area contributed by atoms with Crippen LogP contribution in [0.15, 0.2) is 28.3 Å². The van der Waals surface area contributed by atoms with Gasteiger partial charge in [-0.1, -0.05) is 0 Å². The molecule has 1 aromatic heterocycles. The van der Waals surface area contributed by atoms with Gasteiger partial charge in [0.2, 0.25) is 16.9 Å². The summed E-state index contributed by atoms with van der Waals surface area (Å²) >= 11 is 0.553. The Morgan fingerprint density at radius 1 is 1.41 bits per heavy atom. The van der Waals surface area contributed by atoms with E-state index >= 15 is 0 Å². The first kappa shape index (κ1) is 15.8. The zero-order chi connectivity index (χ0) is 16.5. The van der Waals surface area contributed by atoms with E-state index in [1.165, 1.54) is 12.1 Å². The smallest absolute Gasteiger partial charge is 0.366 e. The Balaban J connectivity index is 2.35. The Kier molecular flexibility index (Phi) is 4.03. The molecule has 2 aromatic rings. The fourth-order valence-corrected chi connectivity index (χ4v) is 2.22. The van der Waals surface area contributed by atoms with Crippen LogP contribution in [0, 0.1) is 10.1 Å². The number of benzene rings is 1. The number of primary amides is 1. The van der Waals surface area contributed by atoms with Crippen molar-refractivity contribution in [3.63, 3.8) is 0 Å². The number of nitrogens with zero attached hydrogens (tertiary/aromatic N) is 3. The van der Waals surface area contributed by atoms with Crippen molar-refractivity contribution in [3.05, 3.63) is 39.7 Å². The van der Waals surface area contributed by atoms with Crippen LogP contribution in [-0.2, 0) is 6.18 Å². The highest BCUT2D eigenvalue weighted by molar-refractivity contribution is 7.99.